The zero-order chi connectivity index (χ0) is 13.9. The highest BCUT2D eigenvalue weighted by Gasteiger charge is 2.04. The molecule has 1 amide bonds. The van der Waals surface area contributed by atoms with E-state index in [1.807, 2.05) is 24.3 Å². The van der Waals surface area contributed by atoms with Crippen LogP contribution in [0.1, 0.15) is 61.4 Å². The van der Waals surface area contributed by atoms with Crippen LogP contribution < -0.4 is 5.32 Å². The molecule has 0 aliphatic heterocycles. The Morgan fingerprint density at radius 3 is 2.63 bits per heavy atom. The normalized spacial score (nSPS) is 10.4. The molecule has 0 saturated carbocycles. The first kappa shape index (κ1) is 16.2. The highest BCUT2D eigenvalue weighted by atomic mass is 79.9. The molecule has 0 aromatic heterocycles. The summed E-state index contributed by atoms with van der Waals surface area (Å²) in [6.07, 6.45) is 7.49. The van der Waals surface area contributed by atoms with Crippen LogP contribution in [0, 0.1) is 0 Å². The van der Waals surface area contributed by atoms with Gasteiger partial charge < -0.3 is 5.32 Å². The van der Waals surface area contributed by atoms with Crippen LogP contribution in [-0.2, 0) is 5.33 Å². The third kappa shape index (κ3) is 6.76. The molecule has 19 heavy (non-hydrogen) atoms. The Kier molecular flexibility index (Phi) is 8.55. The molecule has 0 atom stereocenters. The zero-order valence-electron chi connectivity index (χ0n) is 11.8. The van der Waals surface area contributed by atoms with Gasteiger partial charge in [0.2, 0.25) is 0 Å². The summed E-state index contributed by atoms with van der Waals surface area (Å²) in [6, 6.07) is 7.74. The van der Waals surface area contributed by atoms with E-state index < -0.39 is 0 Å². The van der Waals surface area contributed by atoms with Crippen molar-refractivity contribution in [3.63, 3.8) is 0 Å². The number of hydrogen-bond donors (Lipinski definition) is 1. The van der Waals surface area contributed by atoms with Gasteiger partial charge in [0.1, 0.15) is 0 Å². The van der Waals surface area contributed by atoms with Crippen LogP contribution in [0.3, 0.4) is 0 Å². The highest BCUT2D eigenvalue weighted by Crippen LogP contribution is 2.09. The smallest absolute Gasteiger partial charge is 0.251 e. The van der Waals surface area contributed by atoms with E-state index in [9.17, 15) is 4.79 Å². The number of nitrogens with one attached hydrogen (secondary N) is 1. The van der Waals surface area contributed by atoms with Crippen molar-refractivity contribution in [2.75, 3.05) is 6.54 Å². The van der Waals surface area contributed by atoms with Crippen LogP contribution in [-0.4, -0.2) is 12.5 Å². The van der Waals surface area contributed by atoms with Gasteiger partial charge in [0.15, 0.2) is 0 Å². The minimum absolute atomic E-state index is 0.0383. The first-order valence-electron chi connectivity index (χ1n) is 7.21. The molecule has 0 unspecified atom stereocenters. The van der Waals surface area contributed by atoms with Crippen LogP contribution in [0.15, 0.2) is 24.3 Å². The summed E-state index contributed by atoms with van der Waals surface area (Å²) in [5, 5.41) is 3.77. The first-order chi connectivity index (χ1) is 9.27. The summed E-state index contributed by atoms with van der Waals surface area (Å²) >= 11 is 3.40. The molecule has 0 saturated heterocycles. The Morgan fingerprint density at radius 1 is 1.16 bits per heavy atom. The molecule has 0 aliphatic carbocycles. The molecule has 0 radical (unpaired) electrons. The summed E-state index contributed by atoms with van der Waals surface area (Å²) in [5.41, 5.74) is 1.88. The van der Waals surface area contributed by atoms with E-state index in [4.69, 9.17) is 0 Å². The van der Waals surface area contributed by atoms with E-state index in [-0.39, 0.29) is 5.91 Å². The number of hydrogen-bond acceptors (Lipinski definition) is 1. The second kappa shape index (κ2) is 10.0. The lowest BCUT2D eigenvalue weighted by molar-refractivity contribution is 0.0953. The van der Waals surface area contributed by atoms with Gasteiger partial charge in [-0.25, -0.2) is 0 Å². The Balaban J connectivity index is 2.20. The van der Waals surface area contributed by atoms with Gasteiger partial charge in [0, 0.05) is 17.4 Å². The molecule has 0 spiro atoms. The largest absolute Gasteiger partial charge is 0.352 e. The van der Waals surface area contributed by atoms with E-state index in [0.29, 0.717) is 0 Å². The number of carbonyl (C=O) groups is 1. The maximum atomic E-state index is 11.9. The number of unbranched alkanes of at least 4 members (excludes halogenated alkanes) is 5. The number of benzene rings is 1. The Hall–Kier alpha value is -0.830. The summed E-state index contributed by atoms with van der Waals surface area (Å²) < 4.78 is 0. The molecule has 0 fully saturated rings. The van der Waals surface area contributed by atoms with E-state index in [0.717, 1.165) is 29.4 Å². The number of amides is 1. The standard InChI is InChI=1S/C16H24BrNO/c1-2-3-4-5-6-7-11-18-16(19)15-10-8-9-14(12-15)13-17/h8-10,12H,2-7,11,13H2,1H3,(H,18,19). The number of alkyl halides is 1. The van der Waals surface area contributed by atoms with Gasteiger partial charge in [0.05, 0.1) is 0 Å². The maximum Gasteiger partial charge on any atom is 0.251 e. The molecule has 1 aromatic carbocycles. The Bertz CT molecular complexity index is 379. The van der Waals surface area contributed by atoms with Gasteiger partial charge in [0.25, 0.3) is 5.91 Å². The predicted octanol–water partition coefficient (Wildman–Crippen LogP) is 4.67. The minimum atomic E-state index is 0.0383. The van der Waals surface area contributed by atoms with Gasteiger partial charge >= 0.3 is 0 Å². The lowest BCUT2D eigenvalue weighted by atomic mass is 10.1. The quantitative estimate of drug-likeness (QED) is 0.518. The van der Waals surface area contributed by atoms with Crippen molar-refractivity contribution in [3.8, 4) is 0 Å². The molecule has 1 aromatic rings. The van der Waals surface area contributed by atoms with Crippen LogP contribution in [0.4, 0.5) is 0 Å². The molecule has 3 heteroatoms. The fraction of sp³-hybridized carbons (Fsp3) is 0.562. The third-order valence-corrected chi connectivity index (χ3v) is 3.81. The lowest BCUT2D eigenvalue weighted by Gasteiger charge is -2.06. The van der Waals surface area contributed by atoms with Crippen molar-refractivity contribution in [2.24, 2.45) is 0 Å². The van der Waals surface area contributed by atoms with Gasteiger partial charge in [-0.2, -0.15) is 0 Å². The molecular weight excluding hydrogens is 302 g/mol. The molecule has 0 aliphatic rings. The second-order valence-corrected chi connectivity index (χ2v) is 5.42. The molecule has 0 heterocycles. The van der Waals surface area contributed by atoms with E-state index in [1.165, 1.54) is 32.1 Å². The number of rotatable bonds is 9. The summed E-state index contributed by atoms with van der Waals surface area (Å²) in [5.74, 6) is 0.0383. The van der Waals surface area contributed by atoms with E-state index in [1.54, 1.807) is 0 Å². The zero-order valence-corrected chi connectivity index (χ0v) is 13.3. The van der Waals surface area contributed by atoms with Gasteiger partial charge in [-0.05, 0) is 24.1 Å². The Morgan fingerprint density at radius 2 is 1.89 bits per heavy atom. The fourth-order valence-corrected chi connectivity index (χ4v) is 2.35. The Labute approximate surface area is 125 Å². The van der Waals surface area contributed by atoms with Crippen molar-refractivity contribution in [2.45, 2.75) is 50.8 Å². The van der Waals surface area contributed by atoms with Gasteiger partial charge in [-0.3, -0.25) is 4.79 Å². The molecule has 1 N–H and O–H groups in total. The van der Waals surface area contributed by atoms with Crippen molar-refractivity contribution in [1.29, 1.82) is 0 Å². The second-order valence-electron chi connectivity index (χ2n) is 4.86. The third-order valence-electron chi connectivity index (χ3n) is 3.16. The SMILES string of the molecule is CCCCCCCCNC(=O)c1cccc(CBr)c1. The average Bonchev–Trinajstić information content (AvgIpc) is 2.46. The minimum Gasteiger partial charge on any atom is -0.352 e. The summed E-state index contributed by atoms with van der Waals surface area (Å²) in [6.45, 7) is 3.00. The van der Waals surface area contributed by atoms with Crippen LogP contribution in [0.5, 0.6) is 0 Å². The summed E-state index contributed by atoms with van der Waals surface area (Å²) in [7, 11) is 0. The topological polar surface area (TPSA) is 29.1 Å². The predicted molar refractivity (Wildman–Crippen MR) is 84.8 cm³/mol. The summed E-state index contributed by atoms with van der Waals surface area (Å²) in [4.78, 5) is 11.9. The maximum absolute atomic E-state index is 11.9. The molecular formula is C16H24BrNO. The first-order valence-corrected chi connectivity index (χ1v) is 8.33. The average molecular weight is 326 g/mol. The number of carbonyl (C=O) groups excluding carboxylic acids is 1. The molecule has 2 nitrogen and oxygen atoms in total. The van der Waals surface area contributed by atoms with E-state index >= 15 is 0 Å². The molecule has 0 bridgehead atoms. The van der Waals surface area contributed by atoms with Crippen LogP contribution >= 0.6 is 15.9 Å². The fourth-order valence-electron chi connectivity index (χ4n) is 2.01. The highest BCUT2D eigenvalue weighted by molar-refractivity contribution is 9.08. The van der Waals surface area contributed by atoms with Gasteiger partial charge in [-0.1, -0.05) is 67.1 Å². The molecule has 1 rings (SSSR count). The van der Waals surface area contributed by atoms with Crippen LogP contribution in [0.25, 0.3) is 0 Å². The van der Waals surface area contributed by atoms with Crippen molar-refractivity contribution in [1.82, 2.24) is 5.32 Å². The van der Waals surface area contributed by atoms with Crippen molar-refractivity contribution in [3.05, 3.63) is 35.4 Å². The lowest BCUT2D eigenvalue weighted by Crippen LogP contribution is -2.24. The van der Waals surface area contributed by atoms with Crippen LogP contribution in [0.2, 0.25) is 0 Å². The monoisotopic (exact) mass is 325 g/mol. The molecule has 106 valence electrons. The number of halogens is 1. The van der Waals surface area contributed by atoms with E-state index in [2.05, 4.69) is 28.2 Å². The van der Waals surface area contributed by atoms with Crippen molar-refractivity contribution >= 4 is 21.8 Å². The van der Waals surface area contributed by atoms with Gasteiger partial charge in [-0.15, -0.1) is 0 Å². The van der Waals surface area contributed by atoms with Crippen molar-refractivity contribution < 1.29 is 4.79 Å².